The van der Waals surface area contributed by atoms with Gasteiger partial charge in [0.25, 0.3) is 0 Å². The third-order valence-electron chi connectivity index (χ3n) is 3.47. The number of carbonyl (C=O) groups is 3. The van der Waals surface area contributed by atoms with Gasteiger partial charge >= 0.3 is 0 Å². The first-order valence-electron chi connectivity index (χ1n) is 7.71. The summed E-state index contributed by atoms with van der Waals surface area (Å²) in [5, 5.41) is 7.50. The molecule has 0 bridgehead atoms. The van der Waals surface area contributed by atoms with E-state index in [4.69, 9.17) is 0 Å². The highest BCUT2D eigenvalue weighted by molar-refractivity contribution is 5.98. The van der Waals surface area contributed by atoms with Crippen LogP contribution < -0.4 is 16.0 Å². The Bertz CT molecular complexity index is 660. The lowest BCUT2D eigenvalue weighted by Gasteiger charge is -2.12. The van der Waals surface area contributed by atoms with Crippen molar-refractivity contribution in [3.05, 3.63) is 23.8 Å². The summed E-state index contributed by atoms with van der Waals surface area (Å²) in [6, 6.07) is 1.62. The summed E-state index contributed by atoms with van der Waals surface area (Å²) < 4.78 is 26.6. The van der Waals surface area contributed by atoms with E-state index in [1.54, 1.807) is 0 Å². The molecule has 0 spiro atoms. The molecule has 24 heavy (non-hydrogen) atoms. The first kappa shape index (κ1) is 17.8. The summed E-state index contributed by atoms with van der Waals surface area (Å²) in [4.78, 5) is 34.4. The third-order valence-corrected chi connectivity index (χ3v) is 3.47. The molecular formula is C16H19F2N3O3. The molecule has 1 aliphatic rings. The molecule has 3 amide bonds. The van der Waals surface area contributed by atoms with Gasteiger partial charge in [-0.2, -0.15) is 0 Å². The van der Waals surface area contributed by atoms with E-state index in [2.05, 4.69) is 16.0 Å². The monoisotopic (exact) mass is 339 g/mol. The zero-order chi connectivity index (χ0) is 17.7. The van der Waals surface area contributed by atoms with Crippen molar-refractivity contribution in [1.29, 1.82) is 0 Å². The van der Waals surface area contributed by atoms with E-state index in [1.165, 1.54) is 6.92 Å². The SMILES string of the molecule is CC(=O)Nc1cc(F)c(F)cc1NC(=O)CCCNC(=O)C1CC1. The molecule has 2 rings (SSSR count). The lowest BCUT2D eigenvalue weighted by atomic mass is 10.2. The Balaban J connectivity index is 1.86. The number of hydrogen-bond donors (Lipinski definition) is 3. The highest BCUT2D eigenvalue weighted by Gasteiger charge is 2.29. The fourth-order valence-electron chi connectivity index (χ4n) is 2.11. The van der Waals surface area contributed by atoms with Crippen molar-refractivity contribution in [3.63, 3.8) is 0 Å². The van der Waals surface area contributed by atoms with Crippen LogP contribution in [0.5, 0.6) is 0 Å². The number of amides is 3. The average molecular weight is 339 g/mol. The van der Waals surface area contributed by atoms with E-state index < -0.39 is 23.4 Å². The summed E-state index contributed by atoms with van der Waals surface area (Å²) in [5.41, 5.74) is -0.0343. The van der Waals surface area contributed by atoms with Crippen LogP contribution in [-0.2, 0) is 14.4 Å². The van der Waals surface area contributed by atoms with Gasteiger partial charge in [-0.3, -0.25) is 14.4 Å². The van der Waals surface area contributed by atoms with Gasteiger partial charge in [0.15, 0.2) is 11.6 Å². The van der Waals surface area contributed by atoms with Crippen LogP contribution in [0.1, 0.15) is 32.6 Å². The van der Waals surface area contributed by atoms with Gasteiger partial charge in [0.1, 0.15) is 0 Å². The van der Waals surface area contributed by atoms with E-state index >= 15 is 0 Å². The summed E-state index contributed by atoms with van der Waals surface area (Å²) >= 11 is 0. The second-order valence-electron chi connectivity index (χ2n) is 5.71. The molecule has 0 aromatic heterocycles. The minimum Gasteiger partial charge on any atom is -0.356 e. The fraction of sp³-hybridized carbons (Fsp3) is 0.438. The quantitative estimate of drug-likeness (QED) is 0.665. The van der Waals surface area contributed by atoms with Gasteiger partial charge in [-0.15, -0.1) is 0 Å². The van der Waals surface area contributed by atoms with E-state index in [-0.39, 0.29) is 29.6 Å². The second-order valence-corrected chi connectivity index (χ2v) is 5.71. The zero-order valence-corrected chi connectivity index (χ0v) is 13.2. The Hall–Kier alpha value is -2.51. The summed E-state index contributed by atoms with van der Waals surface area (Å²) in [6.07, 6.45) is 2.34. The first-order chi connectivity index (χ1) is 11.4. The highest BCUT2D eigenvalue weighted by atomic mass is 19.2. The first-order valence-corrected chi connectivity index (χ1v) is 7.71. The molecule has 3 N–H and O–H groups in total. The van der Waals surface area contributed by atoms with Gasteiger partial charge in [0, 0.05) is 37.9 Å². The number of nitrogens with one attached hydrogen (secondary N) is 3. The summed E-state index contributed by atoms with van der Waals surface area (Å²) in [6.45, 7) is 1.59. The molecule has 1 fully saturated rings. The number of anilines is 2. The average Bonchev–Trinajstić information content (AvgIpc) is 3.33. The molecule has 0 radical (unpaired) electrons. The largest absolute Gasteiger partial charge is 0.356 e. The predicted octanol–water partition coefficient (Wildman–Crippen LogP) is 2.17. The van der Waals surface area contributed by atoms with Crippen molar-refractivity contribution >= 4 is 29.1 Å². The van der Waals surface area contributed by atoms with Crippen molar-refractivity contribution in [2.24, 2.45) is 5.92 Å². The van der Waals surface area contributed by atoms with Crippen molar-refractivity contribution < 1.29 is 23.2 Å². The van der Waals surface area contributed by atoms with Crippen LogP contribution in [0.3, 0.4) is 0 Å². The maximum Gasteiger partial charge on any atom is 0.224 e. The molecule has 1 aromatic rings. The zero-order valence-electron chi connectivity index (χ0n) is 13.2. The second kappa shape index (κ2) is 7.85. The molecule has 1 saturated carbocycles. The molecule has 0 saturated heterocycles. The molecule has 130 valence electrons. The summed E-state index contributed by atoms with van der Waals surface area (Å²) in [5.74, 6) is -3.03. The molecule has 1 aromatic carbocycles. The molecule has 0 unspecified atom stereocenters. The van der Waals surface area contributed by atoms with Crippen LogP contribution in [0.15, 0.2) is 12.1 Å². The van der Waals surface area contributed by atoms with Crippen molar-refractivity contribution in [2.45, 2.75) is 32.6 Å². The molecular weight excluding hydrogens is 320 g/mol. The normalized spacial score (nSPS) is 13.3. The van der Waals surface area contributed by atoms with Gasteiger partial charge in [0.2, 0.25) is 17.7 Å². The number of benzene rings is 1. The van der Waals surface area contributed by atoms with E-state index in [1.807, 2.05) is 0 Å². The van der Waals surface area contributed by atoms with Crippen LogP contribution in [0.2, 0.25) is 0 Å². The number of rotatable bonds is 7. The van der Waals surface area contributed by atoms with Gasteiger partial charge in [0.05, 0.1) is 11.4 Å². The molecule has 0 aliphatic heterocycles. The standard InChI is InChI=1S/C16H19F2N3O3/c1-9(22)20-13-7-11(17)12(18)8-14(13)21-15(23)3-2-6-19-16(24)10-4-5-10/h7-8,10H,2-6H2,1H3,(H,19,24)(H,20,22)(H,21,23). The van der Waals surface area contributed by atoms with E-state index in [0.717, 1.165) is 25.0 Å². The Kier molecular flexibility index (Phi) is 5.83. The van der Waals surface area contributed by atoms with Crippen LogP contribution in [0, 0.1) is 17.6 Å². The molecule has 6 nitrogen and oxygen atoms in total. The fourth-order valence-corrected chi connectivity index (χ4v) is 2.11. The number of hydrogen-bond acceptors (Lipinski definition) is 3. The topological polar surface area (TPSA) is 87.3 Å². The molecule has 8 heteroatoms. The number of halogens is 2. The van der Waals surface area contributed by atoms with Crippen LogP contribution in [0.25, 0.3) is 0 Å². The molecule has 0 atom stereocenters. The minimum absolute atomic E-state index is 0.00367. The Morgan fingerprint density at radius 3 is 2.21 bits per heavy atom. The van der Waals surface area contributed by atoms with Crippen molar-refractivity contribution in [1.82, 2.24) is 5.32 Å². The van der Waals surface area contributed by atoms with Crippen molar-refractivity contribution in [3.8, 4) is 0 Å². The van der Waals surface area contributed by atoms with Crippen LogP contribution in [0.4, 0.5) is 20.2 Å². The Labute approximate surface area is 138 Å². The highest BCUT2D eigenvalue weighted by Crippen LogP contribution is 2.28. The minimum atomic E-state index is -1.13. The Morgan fingerprint density at radius 2 is 1.67 bits per heavy atom. The predicted molar refractivity (Wildman–Crippen MR) is 84.3 cm³/mol. The van der Waals surface area contributed by atoms with Gasteiger partial charge in [-0.25, -0.2) is 8.78 Å². The molecule has 1 aliphatic carbocycles. The lowest BCUT2D eigenvalue weighted by Crippen LogP contribution is -2.26. The smallest absolute Gasteiger partial charge is 0.224 e. The Morgan fingerprint density at radius 1 is 1.08 bits per heavy atom. The van der Waals surface area contributed by atoms with Crippen LogP contribution in [-0.4, -0.2) is 24.3 Å². The molecule has 0 heterocycles. The van der Waals surface area contributed by atoms with Gasteiger partial charge < -0.3 is 16.0 Å². The lowest BCUT2D eigenvalue weighted by molar-refractivity contribution is -0.122. The number of carbonyl (C=O) groups excluding carboxylic acids is 3. The van der Waals surface area contributed by atoms with Crippen molar-refractivity contribution in [2.75, 3.05) is 17.2 Å². The summed E-state index contributed by atoms with van der Waals surface area (Å²) in [7, 11) is 0. The van der Waals surface area contributed by atoms with E-state index in [9.17, 15) is 23.2 Å². The maximum atomic E-state index is 13.3. The van der Waals surface area contributed by atoms with Gasteiger partial charge in [-0.1, -0.05) is 0 Å². The van der Waals surface area contributed by atoms with Gasteiger partial charge in [-0.05, 0) is 19.3 Å². The maximum absolute atomic E-state index is 13.3. The van der Waals surface area contributed by atoms with E-state index in [0.29, 0.717) is 13.0 Å². The third kappa shape index (κ3) is 5.29. The van der Waals surface area contributed by atoms with Crippen LogP contribution >= 0.6 is 0 Å².